The Kier molecular flexibility index (Phi) is 1.12. The van der Waals surface area contributed by atoms with Crippen molar-refractivity contribution < 1.29 is 5.11 Å². The van der Waals surface area contributed by atoms with Gasteiger partial charge in [-0.1, -0.05) is 13.8 Å². The molecule has 0 heterocycles. The van der Waals surface area contributed by atoms with Crippen molar-refractivity contribution in [2.75, 3.05) is 0 Å². The summed E-state index contributed by atoms with van der Waals surface area (Å²) in [6.07, 6.45) is 1.00. The third kappa shape index (κ3) is 0.873. The zero-order valence-corrected chi connectivity index (χ0v) is 5.81. The molecule has 0 aromatic carbocycles. The van der Waals surface area contributed by atoms with E-state index in [1.165, 1.54) is 0 Å². The molecule has 0 aliphatic heterocycles. The average molecular weight is 114 g/mol. The maximum Gasteiger partial charge on any atom is 0.0655 e. The van der Waals surface area contributed by atoms with Crippen LogP contribution < -0.4 is 0 Å². The molecule has 0 unspecified atom stereocenters. The summed E-state index contributed by atoms with van der Waals surface area (Å²) in [5.74, 6) is 1.23. The van der Waals surface area contributed by atoms with Gasteiger partial charge in [0.1, 0.15) is 0 Å². The van der Waals surface area contributed by atoms with Crippen LogP contribution in [0.2, 0.25) is 0 Å². The summed E-state index contributed by atoms with van der Waals surface area (Å²) in [5, 5.41) is 9.26. The van der Waals surface area contributed by atoms with E-state index < -0.39 is 0 Å². The van der Waals surface area contributed by atoms with Crippen LogP contribution in [-0.4, -0.2) is 10.7 Å². The van der Waals surface area contributed by atoms with Crippen LogP contribution in [-0.2, 0) is 0 Å². The van der Waals surface area contributed by atoms with E-state index in [1.807, 2.05) is 6.92 Å². The topological polar surface area (TPSA) is 20.2 Å². The fourth-order valence-corrected chi connectivity index (χ4v) is 1.34. The molecule has 0 saturated heterocycles. The number of aliphatic hydroxyl groups is 1. The van der Waals surface area contributed by atoms with E-state index in [1.54, 1.807) is 0 Å². The summed E-state index contributed by atoms with van der Waals surface area (Å²) < 4.78 is 0. The lowest BCUT2D eigenvalue weighted by Crippen LogP contribution is -2.07. The fraction of sp³-hybridized carbons (Fsp3) is 1.00. The molecule has 0 bridgehead atoms. The maximum absolute atomic E-state index is 9.26. The quantitative estimate of drug-likeness (QED) is 0.546. The molecule has 0 aromatic rings. The molecule has 1 saturated carbocycles. The van der Waals surface area contributed by atoms with E-state index >= 15 is 0 Å². The minimum absolute atomic E-state index is 0.311. The van der Waals surface area contributed by atoms with Gasteiger partial charge in [-0.3, -0.25) is 0 Å². The van der Waals surface area contributed by atoms with Crippen molar-refractivity contribution in [2.24, 2.45) is 11.8 Å². The molecule has 0 aromatic heterocycles. The molecule has 48 valence electrons. The molecule has 8 heavy (non-hydrogen) atoms. The summed E-state index contributed by atoms with van der Waals surface area (Å²) in [6, 6.07) is 0. The highest BCUT2D eigenvalue weighted by molar-refractivity contribution is 5.00. The van der Waals surface area contributed by atoms with Crippen LogP contribution >= 0.6 is 0 Å². The van der Waals surface area contributed by atoms with E-state index in [0.717, 1.165) is 6.42 Å². The van der Waals surface area contributed by atoms with E-state index in [0.29, 0.717) is 11.8 Å². The molecule has 1 fully saturated rings. The van der Waals surface area contributed by atoms with Gasteiger partial charge in [-0.2, -0.15) is 0 Å². The van der Waals surface area contributed by atoms with E-state index in [2.05, 4.69) is 13.8 Å². The average Bonchev–Trinajstić information content (AvgIpc) is 2.13. The van der Waals surface area contributed by atoms with Crippen LogP contribution in [0.4, 0.5) is 0 Å². The Labute approximate surface area is 50.7 Å². The molecule has 1 heteroatoms. The van der Waals surface area contributed by atoms with Crippen LogP contribution in [0.1, 0.15) is 27.2 Å². The lowest BCUT2D eigenvalue weighted by atomic mass is 10.1. The van der Waals surface area contributed by atoms with Crippen LogP contribution in [0.5, 0.6) is 0 Å². The van der Waals surface area contributed by atoms with Gasteiger partial charge in [-0.25, -0.2) is 0 Å². The number of hydrogen-bond donors (Lipinski definition) is 1. The molecule has 1 aliphatic carbocycles. The van der Waals surface area contributed by atoms with Gasteiger partial charge in [0, 0.05) is 0 Å². The second-order valence-corrected chi connectivity index (χ2v) is 3.41. The Hall–Kier alpha value is -0.0400. The van der Waals surface area contributed by atoms with Crippen LogP contribution in [0.3, 0.4) is 0 Å². The first kappa shape index (κ1) is 6.09. The third-order valence-corrected chi connectivity index (χ3v) is 2.08. The van der Waals surface area contributed by atoms with Crippen LogP contribution in [0.25, 0.3) is 0 Å². The van der Waals surface area contributed by atoms with Gasteiger partial charge < -0.3 is 5.11 Å². The second-order valence-electron chi connectivity index (χ2n) is 3.41. The number of rotatable bonds is 1. The number of hydrogen-bond acceptors (Lipinski definition) is 1. The zero-order chi connectivity index (χ0) is 6.36. The van der Waals surface area contributed by atoms with Crippen molar-refractivity contribution in [1.29, 1.82) is 0 Å². The molecule has 1 nitrogen and oxygen atoms in total. The molecule has 1 rings (SSSR count). The fourth-order valence-electron chi connectivity index (χ4n) is 1.34. The van der Waals surface area contributed by atoms with Gasteiger partial charge in [-0.15, -0.1) is 0 Å². The predicted octanol–water partition coefficient (Wildman–Crippen LogP) is 1.41. The predicted molar refractivity (Wildman–Crippen MR) is 33.6 cm³/mol. The molecule has 2 atom stereocenters. The molecule has 0 radical (unpaired) electrons. The summed E-state index contributed by atoms with van der Waals surface area (Å²) in [5.41, 5.74) is -0.311. The molecule has 1 N–H and O–H groups in total. The molecule has 1 aliphatic rings. The highest BCUT2D eigenvalue weighted by atomic mass is 16.3. The van der Waals surface area contributed by atoms with E-state index in [4.69, 9.17) is 0 Å². The Morgan fingerprint density at radius 2 is 2.00 bits per heavy atom. The highest BCUT2D eigenvalue weighted by Crippen LogP contribution is 2.47. The lowest BCUT2D eigenvalue weighted by Gasteiger charge is -2.03. The summed E-state index contributed by atoms with van der Waals surface area (Å²) in [7, 11) is 0. The van der Waals surface area contributed by atoms with Gasteiger partial charge >= 0.3 is 0 Å². The third-order valence-electron chi connectivity index (χ3n) is 2.08. The van der Waals surface area contributed by atoms with Gasteiger partial charge in [0.25, 0.3) is 0 Å². The Balaban J connectivity index is 2.37. The largest absolute Gasteiger partial charge is 0.390 e. The summed E-state index contributed by atoms with van der Waals surface area (Å²) >= 11 is 0. The van der Waals surface area contributed by atoms with Crippen molar-refractivity contribution in [2.45, 2.75) is 32.8 Å². The van der Waals surface area contributed by atoms with E-state index in [-0.39, 0.29) is 5.60 Å². The van der Waals surface area contributed by atoms with Crippen molar-refractivity contribution in [1.82, 2.24) is 0 Å². The SMILES string of the molecule is CC(C)[C@H]1C[C@@]1(C)O. The normalized spacial score (nSPS) is 45.4. The Morgan fingerprint density at radius 3 is 2.00 bits per heavy atom. The van der Waals surface area contributed by atoms with Crippen molar-refractivity contribution >= 4 is 0 Å². The minimum atomic E-state index is -0.311. The lowest BCUT2D eigenvalue weighted by molar-refractivity contribution is 0.141. The second kappa shape index (κ2) is 1.47. The van der Waals surface area contributed by atoms with Crippen molar-refractivity contribution in [3.63, 3.8) is 0 Å². The summed E-state index contributed by atoms with van der Waals surface area (Å²) in [4.78, 5) is 0. The van der Waals surface area contributed by atoms with Gasteiger partial charge in [0.2, 0.25) is 0 Å². The molecule has 0 amide bonds. The van der Waals surface area contributed by atoms with Crippen LogP contribution in [0.15, 0.2) is 0 Å². The first-order valence-electron chi connectivity index (χ1n) is 3.26. The zero-order valence-electron chi connectivity index (χ0n) is 5.81. The smallest absolute Gasteiger partial charge is 0.0655 e. The minimum Gasteiger partial charge on any atom is -0.390 e. The highest BCUT2D eigenvalue weighted by Gasteiger charge is 2.49. The standard InChI is InChI=1S/C7H14O/c1-5(2)6-4-7(6,3)8/h5-6,8H,4H2,1-3H3/t6-,7-/m1/s1. The Morgan fingerprint density at radius 1 is 1.62 bits per heavy atom. The first-order valence-corrected chi connectivity index (χ1v) is 3.26. The van der Waals surface area contributed by atoms with Gasteiger partial charge in [0.15, 0.2) is 0 Å². The molecular weight excluding hydrogens is 100 g/mol. The van der Waals surface area contributed by atoms with Gasteiger partial charge in [-0.05, 0) is 25.2 Å². The van der Waals surface area contributed by atoms with Gasteiger partial charge in [0.05, 0.1) is 5.60 Å². The monoisotopic (exact) mass is 114 g/mol. The van der Waals surface area contributed by atoms with Crippen LogP contribution in [0, 0.1) is 11.8 Å². The van der Waals surface area contributed by atoms with Crippen molar-refractivity contribution in [3.8, 4) is 0 Å². The molecule has 0 spiro atoms. The first-order chi connectivity index (χ1) is 3.54. The van der Waals surface area contributed by atoms with E-state index in [9.17, 15) is 5.11 Å². The van der Waals surface area contributed by atoms with Crippen molar-refractivity contribution in [3.05, 3.63) is 0 Å². The summed E-state index contributed by atoms with van der Waals surface area (Å²) in [6.45, 7) is 6.23. The molecular formula is C7H14O. The maximum atomic E-state index is 9.26. The Bertz CT molecular complexity index is 94.6.